The Bertz CT molecular complexity index is 764. The number of aryl methyl sites for hydroxylation is 2. The van der Waals surface area contributed by atoms with Gasteiger partial charge in [0.2, 0.25) is 0 Å². The smallest absolute Gasteiger partial charge is 0.151 e. The summed E-state index contributed by atoms with van der Waals surface area (Å²) in [6, 6.07) is 8.07. The zero-order chi connectivity index (χ0) is 17.6. The minimum Gasteiger partial charge on any atom is -0.382 e. The molecule has 4 nitrogen and oxygen atoms in total. The first-order valence-electron chi connectivity index (χ1n) is 10.0. The zero-order valence-electron chi connectivity index (χ0n) is 15.9. The Morgan fingerprint density at radius 3 is 3.00 bits per heavy atom. The van der Waals surface area contributed by atoms with Gasteiger partial charge in [-0.15, -0.1) is 0 Å². The average Bonchev–Trinajstić information content (AvgIpc) is 2.90. The van der Waals surface area contributed by atoms with Gasteiger partial charge in [0.25, 0.3) is 0 Å². The number of nitrogens with two attached hydrogens (primary N) is 1. The molecule has 0 bridgehead atoms. The van der Waals surface area contributed by atoms with Gasteiger partial charge in [0, 0.05) is 17.3 Å². The molecule has 2 heterocycles. The quantitative estimate of drug-likeness (QED) is 0.730. The number of quaternary nitrogens is 2. The average molecular weight is 344 g/mol. The minimum atomic E-state index is -0.207. The molecular weight excluding hydrogens is 310 g/mol. The highest BCUT2D eigenvalue weighted by Gasteiger charge is 2.38. The third kappa shape index (κ3) is 3.12. The predicted molar refractivity (Wildman–Crippen MR) is 101 cm³/mol. The van der Waals surface area contributed by atoms with Crippen LogP contribution < -0.4 is 10.2 Å². The summed E-state index contributed by atoms with van der Waals surface area (Å²) in [4.78, 5) is 1.60. The van der Waals surface area contributed by atoms with Gasteiger partial charge in [-0.1, -0.05) is 11.6 Å². The van der Waals surface area contributed by atoms with Crippen LogP contribution >= 0.6 is 0 Å². The van der Waals surface area contributed by atoms with Crippen LogP contribution in [0.1, 0.15) is 49.6 Å². The number of hydrogen-bond donors (Lipinski definition) is 3. The lowest BCUT2D eigenvalue weighted by molar-refractivity contribution is -0.941. The van der Waals surface area contributed by atoms with Gasteiger partial charge < -0.3 is 19.9 Å². The van der Waals surface area contributed by atoms with Crippen molar-refractivity contribution in [3.63, 3.8) is 0 Å². The van der Waals surface area contributed by atoms with Crippen molar-refractivity contribution in [3.8, 4) is 0 Å². The van der Waals surface area contributed by atoms with E-state index in [2.05, 4.69) is 48.9 Å². The molecule has 4 rings (SSSR count). The number of aromatic nitrogens is 1. The summed E-state index contributed by atoms with van der Waals surface area (Å²) in [5.41, 5.74) is 5.96. The van der Waals surface area contributed by atoms with E-state index in [0.29, 0.717) is 12.1 Å². The molecule has 2 aromatic rings. The molecule has 0 amide bonds. The summed E-state index contributed by atoms with van der Waals surface area (Å²) in [5, 5.41) is 14.2. The lowest BCUT2D eigenvalue weighted by Crippen LogP contribution is -3.15. The standard InChI is InChI=1S/C21H31N3O/c1-14(2)22-12-16(25)13-23-9-10-24-19-8-7-15(3)11-18(19)17-5-4-6-20(23)21(17)24/h7-8,11,14,16,20,22,25H,4-6,9-10,12-13H2,1-3H3/p+2/t16-,20+/m1/s1. The van der Waals surface area contributed by atoms with Gasteiger partial charge in [0.15, 0.2) is 6.10 Å². The van der Waals surface area contributed by atoms with E-state index in [-0.39, 0.29) is 6.10 Å². The van der Waals surface area contributed by atoms with E-state index in [9.17, 15) is 5.11 Å². The Kier molecular flexibility index (Phi) is 4.61. The van der Waals surface area contributed by atoms with E-state index >= 15 is 0 Å². The van der Waals surface area contributed by atoms with Crippen LogP contribution in [0.25, 0.3) is 10.9 Å². The van der Waals surface area contributed by atoms with Crippen molar-refractivity contribution in [1.82, 2.24) is 4.57 Å². The van der Waals surface area contributed by atoms with Crippen LogP contribution in [-0.2, 0) is 13.0 Å². The minimum absolute atomic E-state index is 0.207. The Hall–Kier alpha value is -1.36. The Labute approximate surface area is 150 Å². The SMILES string of the molecule is Cc1ccc2c(c1)c1c3n2CC[NH+](C[C@H](O)C[NH2+]C(C)C)[C@H]3CCC1. The number of benzene rings is 1. The highest BCUT2D eigenvalue weighted by Crippen LogP contribution is 2.37. The number of nitrogens with zero attached hydrogens (tertiary/aromatic N) is 1. The van der Waals surface area contributed by atoms with Crippen molar-refractivity contribution in [1.29, 1.82) is 0 Å². The van der Waals surface area contributed by atoms with Gasteiger partial charge in [-0.25, -0.2) is 0 Å². The maximum atomic E-state index is 10.5. The van der Waals surface area contributed by atoms with E-state index in [1.807, 2.05) is 0 Å². The largest absolute Gasteiger partial charge is 0.382 e. The fraction of sp³-hybridized carbons (Fsp3) is 0.619. The van der Waals surface area contributed by atoms with Crippen molar-refractivity contribution >= 4 is 10.9 Å². The Balaban J connectivity index is 1.62. The van der Waals surface area contributed by atoms with Crippen LogP contribution in [0.4, 0.5) is 0 Å². The fourth-order valence-electron chi connectivity index (χ4n) is 4.97. The first-order chi connectivity index (χ1) is 12.0. The molecule has 0 radical (unpaired) electrons. The molecule has 2 aliphatic rings. The highest BCUT2D eigenvalue weighted by atomic mass is 16.3. The van der Waals surface area contributed by atoms with Crippen molar-refractivity contribution in [2.75, 3.05) is 19.6 Å². The van der Waals surface area contributed by atoms with Crippen molar-refractivity contribution in [2.24, 2.45) is 0 Å². The lowest BCUT2D eigenvalue weighted by Gasteiger charge is -2.37. The normalized spacial score (nSPS) is 23.9. The number of aliphatic hydroxyl groups is 1. The van der Waals surface area contributed by atoms with Gasteiger partial charge in [-0.3, -0.25) is 0 Å². The first-order valence-corrected chi connectivity index (χ1v) is 10.0. The molecule has 1 aromatic carbocycles. The molecular formula is C21H33N3O+2. The van der Waals surface area contributed by atoms with Gasteiger partial charge >= 0.3 is 0 Å². The van der Waals surface area contributed by atoms with Gasteiger partial charge in [-0.2, -0.15) is 0 Å². The van der Waals surface area contributed by atoms with Crippen molar-refractivity contribution < 1.29 is 15.3 Å². The van der Waals surface area contributed by atoms with E-state index in [1.54, 1.807) is 16.2 Å². The van der Waals surface area contributed by atoms with E-state index < -0.39 is 0 Å². The molecule has 1 aromatic heterocycles. The van der Waals surface area contributed by atoms with Crippen LogP contribution in [0.5, 0.6) is 0 Å². The summed E-state index contributed by atoms with van der Waals surface area (Å²) in [7, 11) is 0. The van der Waals surface area contributed by atoms with Crippen molar-refractivity contribution in [2.45, 2.75) is 64.8 Å². The third-order valence-corrected chi connectivity index (χ3v) is 6.14. The van der Waals surface area contributed by atoms with Gasteiger partial charge in [0.05, 0.1) is 24.8 Å². The number of rotatable bonds is 5. The van der Waals surface area contributed by atoms with E-state index in [1.165, 1.54) is 35.7 Å². The van der Waals surface area contributed by atoms with E-state index in [0.717, 1.165) is 26.2 Å². The molecule has 1 aliphatic heterocycles. The lowest BCUT2D eigenvalue weighted by atomic mass is 9.89. The zero-order valence-corrected chi connectivity index (χ0v) is 15.9. The highest BCUT2D eigenvalue weighted by molar-refractivity contribution is 5.86. The number of nitrogens with one attached hydrogen (secondary N) is 1. The second kappa shape index (κ2) is 6.75. The fourth-order valence-corrected chi connectivity index (χ4v) is 4.97. The summed E-state index contributed by atoms with van der Waals surface area (Å²) in [5.74, 6) is 0. The third-order valence-electron chi connectivity index (χ3n) is 6.14. The molecule has 0 spiro atoms. The molecule has 0 fully saturated rings. The Morgan fingerprint density at radius 2 is 2.20 bits per heavy atom. The van der Waals surface area contributed by atoms with Crippen LogP contribution in [-0.4, -0.2) is 41.5 Å². The molecule has 1 aliphatic carbocycles. The van der Waals surface area contributed by atoms with Gasteiger partial charge in [0.1, 0.15) is 19.1 Å². The molecule has 4 N–H and O–H groups in total. The number of hydrogen-bond acceptors (Lipinski definition) is 1. The van der Waals surface area contributed by atoms with Crippen LogP contribution in [0.3, 0.4) is 0 Å². The molecule has 136 valence electrons. The van der Waals surface area contributed by atoms with Crippen LogP contribution in [0, 0.1) is 6.92 Å². The molecule has 0 saturated carbocycles. The second-order valence-corrected chi connectivity index (χ2v) is 8.46. The molecule has 4 heteroatoms. The van der Waals surface area contributed by atoms with Crippen molar-refractivity contribution in [3.05, 3.63) is 35.0 Å². The predicted octanol–water partition coefficient (Wildman–Crippen LogP) is 0.558. The van der Waals surface area contributed by atoms with Crippen LogP contribution in [0.15, 0.2) is 18.2 Å². The summed E-state index contributed by atoms with van der Waals surface area (Å²) in [6.45, 7) is 10.5. The van der Waals surface area contributed by atoms with E-state index in [4.69, 9.17) is 0 Å². The maximum absolute atomic E-state index is 10.5. The maximum Gasteiger partial charge on any atom is 0.151 e. The molecule has 1 unspecified atom stereocenters. The summed E-state index contributed by atoms with van der Waals surface area (Å²) in [6.07, 6.45) is 3.55. The van der Waals surface area contributed by atoms with Crippen LogP contribution in [0.2, 0.25) is 0 Å². The topological polar surface area (TPSA) is 46.2 Å². The van der Waals surface area contributed by atoms with Gasteiger partial charge in [-0.05, 0) is 51.3 Å². The first kappa shape index (κ1) is 17.1. The second-order valence-electron chi connectivity index (χ2n) is 8.46. The molecule has 25 heavy (non-hydrogen) atoms. The number of fused-ring (bicyclic) bond motifs is 3. The monoisotopic (exact) mass is 343 g/mol. The number of aliphatic hydroxyl groups excluding tert-OH is 1. The Morgan fingerprint density at radius 1 is 1.36 bits per heavy atom. The molecule has 3 atom stereocenters. The summed E-state index contributed by atoms with van der Waals surface area (Å²) < 4.78 is 2.59. The molecule has 0 saturated heterocycles. The summed E-state index contributed by atoms with van der Waals surface area (Å²) >= 11 is 0.